The molecule has 0 aliphatic carbocycles. The Bertz CT molecular complexity index is 2100. The molecule has 6 rings (SSSR count). The van der Waals surface area contributed by atoms with Crippen LogP contribution in [0.1, 0.15) is 99.1 Å². The standard InChI is InChI=1S/C26H20NO2S.C15H28O2.Ir/c1-14-13-28-19-6-5-17-22-20(29-24(17)21(14)19)7-9-27-23(22)16-11-15-8-10-30-25(15)18(12-16)26(2,3)4;1-7-14(5,8-2)12(16)11-13(17)15(6,9-3)10-4;/h5-10,12-13H,1-4H3;11,16H,7-10H2,1-6H3;/q-1;;/b;12-11-;. The molecule has 0 saturated carbocycles. The minimum Gasteiger partial charge on any atom is -0.512 e. The van der Waals surface area contributed by atoms with Crippen LogP contribution in [0.3, 0.4) is 0 Å². The van der Waals surface area contributed by atoms with Crippen molar-refractivity contribution in [2.45, 2.75) is 100 Å². The first-order valence-electron chi connectivity index (χ1n) is 16.8. The first kappa shape index (κ1) is 37.6. The molecule has 2 aromatic carbocycles. The molecule has 48 heavy (non-hydrogen) atoms. The van der Waals surface area contributed by atoms with Gasteiger partial charge in [0.05, 0.1) is 11.6 Å². The number of carbonyl (C=O) groups is 1. The summed E-state index contributed by atoms with van der Waals surface area (Å²) in [4.78, 5) is 17.0. The summed E-state index contributed by atoms with van der Waals surface area (Å²) in [6.45, 7) is 20.9. The van der Waals surface area contributed by atoms with Crippen LogP contribution >= 0.6 is 11.3 Å². The van der Waals surface area contributed by atoms with Gasteiger partial charge in [0.15, 0.2) is 5.78 Å². The van der Waals surface area contributed by atoms with Crippen LogP contribution in [-0.4, -0.2) is 15.9 Å². The molecule has 0 unspecified atom stereocenters. The van der Waals surface area contributed by atoms with Crippen molar-refractivity contribution in [3.05, 3.63) is 77.2 Å². The van der Waals surface area contributed by atoms with E-state index in [9.17, 15) is 9.90 Å². The van der Waals surface area contributed by atoms with E-state index in [0.29, 0.717) is 0 Å². The van der Waals surface area contributed by atoms with Crippen molar-refractivity contribution in [1.82, 2.24) is 4.98 Å². The molecule has 0 bridgehead atoms. The first-order valence-corrected chi connectivity index (χ1v) is 17.7. The van der Waals surface area contributed by atoms with E-state index in [0.717, 1.165) is 80.8 Å². The van der Waals surface area contributed by atoms with Crippen molar-refractivity contribution in [2.75, 3.05) is 0 Å². The second kappa shape index (κ2) is 14.3. The average Bonchev–Trinajstić information content (AvgIpc) is 3.79. The predicted octanol–water partition coefficient (Wildman–Crippen LogP) is 12.7. The van der Waals surface area contributed by atoms with E-state index in [-0.39, 0.29) is 47.9 Å². The molecule has 1 N–H and O–H groups in total. The number of aliphatic hydroxyl groups is 1. The fourth-order valence-electron chi connectivity index (χ4n) is 6.03. The monoisotopic (exact) mass is 843 g/mol. The van der Waals surface area contributed by atoms with Gasteiger partial charge in [-0.2, -0.15) is 11.3 Å². The largest absolute Gasteiger partial charge is 0.512 e. The van der Waals surface area contributed by atoms with E-state index in [4.69, 9.17) is 13.8 Å². The molecular formula is C41H48IrNO4S-. The molecular weight excluding hydrogens is 795 g/mol. The number of pyridine rings is 1. The Labute approximate surface area is 302 Å². The number of benzene rings is 2. The van der Waals surface area contributed by atoms with E-state index < -0.39 is 0 Å². The second-order valence-corrected chi connectivity index (χ2v) is 15.2. The van der Waals surface area contributed by atoms with Crippen molar-refractivity contribution < 1.29 is 38.8 Å². The summed E-state index contributed by atoms with van der Waals surface area (Å²) in [5, 5.41) is 16.5. The molecule has 0 amide bonds. The first-order chi connectivity index (χ1) is 22.2. The number of rotatable bonds is 8. The number of hydrogen-bond acceptors (Lipinski definition) is 6. The van der Waals surface area contributed by atoms with E-state index in [1.54, 1.807) is 17.6 Å². The van der Waals surface area contributed by atoms with E-state index in [1.165, 1.54) is 16.3 Å². The molecule has 0 spiro atoms. The summed E-state index contributed by atoms with van der Waals surface area (Å²) in [5.74, 6) is 0.286. The fraction of sp³-hybridized carbons (Fsp3) is 0.415. The van der Waals surface area contributed by atoms with Gasteiger partial charge < -0.3 is 13.9 Å². The number of allylic oxidation sites excluding steroid dienone is 2. The predicted molar refractivity (Wildman–Crippen MR) is 197 cm³/mol. The fourth-order valence-corrected chi connectivity index (χ4v) is 7.11. The van der Waals surface area contributed by atoms with Crippen molar-refractivity contribution in [3.63, 3.8) is 0 Å². The second-order valence-electron chi connectivity index (χ2n) is 14.3. The van der Waals surface area contributed by atoms with Gasteiger partial charge in [-0.1, -0.05) is 73.4 Å². The van der Waals surface area contributed by atoms with Crippen LogP contribution in [0.2, 0.25) is 0 Å². The summed E-state index contributed by atoms with van der Waals surface area (Å²) < 4.78 is 13.3. The van der Waals surface area contributed by atoms with Crippen molar-refractivity contribution in [3.8, 4) is 11.3 Å². The van der Waals surface area contributed by atoms with Gasteiger partial charge in [0.2, 0.25) is 0 Å². The van der Waals surface area contributed by atoms with Gasteiger partial charge in [-0.05, 0) is 71.9 Å². The number of furan rings is 2. The Kier molecular flexibility index (Phi) is 11.2. The zero-order valence-corrected chi connectivity index (χ0v) is 33.1. The number of ketones is 1. The number of fused-ring (bicyclic) bond motifs is 6. The quantitative estimate of drug-likeness (QED) is 0.0938. The third-order valence-corrected chi connectivity index (χ3v) is 11.4. The molecule has 5 nitrogen and oxygen atoms in total. The number of hydrogen-bond donors (Lipinski definition) is 1. The minimum absolute atomic E-state index is 0. The van der Waals surface area contributed by atoms with Crippen LogP contribution in [-0.2, 0) is 30.3 Å². The molecule has 0 saturated heterocycles. The summed E-state index contributed by atoms with van der Waals surface area (Å²) in [6, 6.07) is 14.0. The third kappa shape index (κ3) is 6.79. The van der Waals surface area contributed by atoms with E-state index in [2.05, 4.69) is 50.4 Å². The maximum Gasteiger partial charge on any atom is 0.164 e. The summed E-state index contributed by atoms with van der Waals surface area (Å²) in [5.41, 5.74) is 6.26. The number of aliphatic hydroxyl groups excluding tert-OH is 1. The normalized spacial score (nSPS) is 12.8. The number of thiophene rings is 1. The van der Waals surface area contributed by atoms with Crippen molar-refractivity contribution in [2.24, 2.45) is 10.8 Å². The summed E-state index contributed by atoms with van der Waals surface area (Å²) >= 11 is 1.78. The van der Waals surface area contributed by atoms with Crippen LogP contribution < -0.4 is 0 Å². The molecule has 4 heterocycles. The minimum atomic E-state index is -0.337. The topological polar surface area (TPSA) is 76.5 Å². The van der Waals surface area contributed by atoms with Crippen molar-refractivity contribution in [1.29, 1.82) is 0 Å². The smallest absolute Gasteiger partial charge is 0.164 e. The van der Waals surface area contributed by atoms with Gasteiger partial charge in [-0.3, -0.25) is 9.78 Å². The summed E-state index contributed by atoms with van der Waals surface area (Å²) in [6.07, 6.45) is 8.36. The molecule has 0 atom stereocenters. The summed E-state index contributed by atoms with van der Waals surface area (Å²) in [7, 11) is 0. The van der Waals surface area contributed by atoms with Crippen LogP contribution in [0.4, 0.5) is 0 Å². The molecule has 7 heteroatoms. The van der Waals surface area contributed by atoms with Crippen LogP contribution in [0, 0.1) is 23.8 Å². The van der Waals surface area contributed by atoms with Crippen LogP contribution in [0.5, 0.6) is 0 Å². The van der Waals surface area contributed by atoms with E-state index >= 15 is 0 Å². The molecule has 6 aromatic rings. The Morgan fingerprint density at radius 2 is 1.60 bits per heavy atom. The maximum atomic E-state index is 12.2. The Morgan fingerprint density at radius 3 is 2.23 bits per heavy atom. The van der Waals surface area contributed by atoms with Crippen LogP contribution in [0.25, 0.3) is 54.3 Å². The Balaban J connectivity index is 0.000000251. The number of carbonyl (C=O) groups excluding carboxylic acids is 1. The molecule has 1 radical (unpaired) electrons. The van der Waals surface area contributed by atoms with Gasteiger partial charge in [0.25, 0.3) is 0 Å². The van der Waals surface area contributed by atoms with Gasteiger partial charge in [-0.25, -0.2) is 0 Å². The Morgan fingerprint density at radius 1 is 0.938 bits per heavy atom. The average molecular weight is 843 g/mol. The molecule has 0 aliphatic heterocycles. The zero-order chi connectivity index (χ0) is 34.3. The number of aromatic nitrogens is 1. The van der Waals surface area contributed by atoms with E-state index in [1.807, 2.05) is 66.8 Å². The molecule has 0 fully saturated rings. The van der Waals surface area contributed by atoms with Crippen LogP contribution in [0.15, 0.2) is 68.8 Å². The molecule has 257 valence electrons. The molecule has 4 aromatic heterocycles. The third-order valence-electron chi connectivity index (χ3n) is 10.4. The SMILES string of the molecule is CCC(C)(CC)C(=O)/C=C(\O)C(C)(CC)CC.Cc1coc2ccc3c(oc4ccnc(-c5[c-]c6ccsc6c(C(C)(C)C)c5)c43)c12.[Ir]. The Hall–Kier alpha value is -3.25. The zero-order valence-electron chi connectivity index (χ0n) is 29.9. The van der Waals surface area contributed by atoms with Gasteiger partial charge in [-0.15, -0.1) is 23.6 Å². The van der Waals surface area contributed by atoms with Crippen molar-refractivity contribution >= 4 is 60.1 Å². The van der Waals surface area contributed by atoms with Gasteiger partial charge in [0, 0.05) is 59.7 Å². The number of aryl methyl sites for hydroxylation is 1. The maximum absolute atomic E-state index is 12.2. The molecule has 0 aliphatic rings. The number of nitrogens with zero attached hydrogens (tertiary/aromatic N) is 1. The van der Waals surface area contributed by atoms with Gasteiger partial charge in [0.1, 0.15) is 22.5 Å². The van der Waals surface area contributed by atoms with Gasteiger partial charge >= 0.3 is 0 Å².